The van der Waals surface area contributed by atoms with E-state index in [0.29, 0.717) is 41.7 Å². The summed E-state index contributed by atoms with van der Waals surface area (Å²) in [7, 11) is -2.16. The molecule has 3 heterocycles. The molecule has 0 saturated carbocycles. The highest BCUT2D eigenvalue weighted by Gasteiger charge is 2.40. The zero-order chi connectivity index (χ0) is 34.9. The Kier molecular flexibility index (Phi) is 10.2. The van der Waals surface area contributed by atoms with Gasteiger partial charge in [-0.05, 0) is 66.9 Å². The Morgan fingerprint density at radius 2 is 1.79 bits per heavy atom. The number of anilines is 5. The Bertz CT molecular complexity index is 1660. The topological polar surface area (TPSA) is 136 Å². The number of amides is 1. The van der Waals surface area contributed by atoms with Gasteiger partial charge in [-0.25, -0.2) is 14.2 Å². The number of alkyl halides is 3. The minimum atomic E-state index is -5.08. The average Bonchev–Trinajstić information content (AvgIpc) is 3.29. The van der Waals surface area contributed by atoms with Crippen LogP contribution in [-0.4, -0.2) is 65.7 Å². The number of fused-ring (bicyclic) bond motifs is 2. The van der Waals surface area contributed by atoms with Gasteiger partial charge >= 0.3 is 12.1 Å². The second kappa shape index (κ2) is 13.5. The van der Waals surface area contributed by atoms with Crippen molar-refractivity contribution in [3.05, 3.63) is 65.1 Å². The third-order valence-corrected chi connectivity index (χ3v) is 12.7. The number of carboxylic acids is 1. The molecule has 254 valence electrons. The van der Waals surface area contributed by atoms with Gasteiger partial charge in [-0.3, -0.25) is 9.69 Å². The molecular formula is C32H39F4N5O5Si. The summed E-state index contributed by atoms with van der Waals surface area (Å²) in [4.78, 5) is 29.0. The molecule has 5 N–H and O–H groups in total. The second-order valence-corrected chi connectivity index (χ2v) is 17.8. The molecule has 5 rings (SSSR count). The van der Waals surface area contributed by atoms with Gasteiger partial charge in [0.15, 0.2) is 0 Å². The molecule has 0 radical (unpaired) electrons. The molecule has 0 unspecified atom stereocenters. The summed E-state index contributed by atoms with van der Waals surface area (Å²) in [6, 6.07) is 10.7. The number of carbonyl (C=O) groups is 2. The van der Waals surface area contributed by atoms with E-state index in [9.17, 15) is 23.1 Å². The fraction of sp³-hybridized carbons (Fsp3) is 0.406. The number of rotatable bonds is 6. The maximum Gasteiger partial charge on any atom is 0.490 e. The molecule has 1 saturated heterocycles. The largest absolute Gasteiger partial charge is 0.543 e. The van der Waals surface area contributed by atoms with E-state index in [2.05, 4.69) is 59.7 Å². The lowest BCUT2D eigenvalue weighted by atomic mass is 10.1. The third kappa shape index (κ3) is 8.58. The van der Waals surface area contributed by atoms with E-state index in [1.807, 2.05) is 25.1 Å². The van der Waals surface area contributed by atoms with E-state index in [-0.39, 0.29) is 28.3 Å². The number of aromatic nitrogens is 1. The van der Waals surface area contributed by atoms with E-state index >= 15 is 4.39 Å². The van der Waals surface area contributed by atoms with Gasteiger partial charge in [-0.2, -0.15) is 13.2 Å². The minimum absolute atomic E-state index is 0.0157. The number of pyridine rings is 1. The number of aliphatic hydroxyl groups is 1. The van der Waals surface area contributed by atoms with E-state index in [1.54, 1.807) is 18.3 Å². The van der Waals surface area contributed by atoms with Gasteiger partial charge in [0, 0.05) is 31.9 Å². The van der Waals surface area contributed by atoms with Crippen molar-refractivity contribution in [2.24, 2.45) is 0 Å². The van der Waals surface area contributed by atoms with E-state index in [1.165, 1.54) is 6.07 Å². The van der Waals surface area contributed by atoms with Crippen molar-refractivity contribution < 1.29 is 41.8 Å². The second-order valence-electron chi connectivity index (χ2n) is 13.1. The minimum Gasteiger partial charge on any atom is -0.543 e. The van der Waals surface area contributed by atoms with Crippen molar-refractivity contribution in [2.75, 3.05) is 29.0 Å². The zero-order valence-electron chi connectivity index (χ0n) is 27.0. The Morgan fingerprint density at radius 1 is 1.11 bits per heavy atom. The number of hydrogen-bond acceptors (Lipinski definition) is 8. The highest BCUT2D eigenvalue weighted by atomic mass is 28.4. The number of carboxylic acid groups (broad SMARTS) is 1. The molecule has 0 spiro atoms. The highest BCUT2D eigenvalue weighted by molar-refractivity contribution is 6.74. The number of carbonyl (C=O) groups excluding carboxylic acids is 1. The maximum atomic E-state index is 15.2. The number of aliphatic carboxylic acids is 1. The Balaban J connectivity index is 0.000000644. The average molecular weight is 678 g/mol. The monoisotopic (exact) mass is 677 g/mol. The first-order valence-corrected chi connectivity index (χ1v) is 17.8. The maximum absolute atomic E-state index is 15.2. The number of benzene rings is 2. The van der Waals surface area contributed by atoms with E-state index < -0.39 is 26.3 Å². The molecule has 1 fully saturated rings. The zero-order valence-corrected chi connectivity index (χ0v) is 28.0. The summed E-state index contributed by atoms with van der Waals surface area (Å²) in [5, 5.41) is 26.4. The molecule has 0 aliphatic carbocycles. The fourth-order valence-corrected chi connectivity index (χ4v) is 5.83. The van der Waals surface area contributed by atoms with Crippen molar-refractivity contribution in [3.63, 3.8) is 0 Å². The SMILES string of the molecule is Cc1cc(F)c(Nc2ccnc3c2C(=O)Nc2cc(CN4CC[C@H](O)C4)ccc2N3)cc1O[Si](C)(C)C(C)(C)C.O=C(O)C(F)(F)F. The highest BCUT2D eigenvalue weighted by Crippen LogP contribution is 2.40. The molecule has 3 aromatic rings. The van der Waals surface area contributed by atoms with Gasteiger partial charge in [0.2, 0.25) is 8.32 Å². The van der Waals surface area contributed by atoms with Crippen molar-refractivity contribution in [2.45, 2.75) is 71.1 Å². The molecular weight excluding hydrogens is 638 g/mol. The Hall–Kier alpha value is -4.21. The molecule has 2 aromatic carbocycles. The summed E-state index contributed by atoms with van der Waals surface area (Å²) in [6.07, 6.45) is -3.02. The van der Waals surface area contributed by atoms with Crippen LogP contribution in [-0.2, 0) is 11.3 Å². The molecule has 47 heavy (non-hydrogen) atoms. The lowest BCUT2D eigenvalue weighted by Crippen LogP contribution is -2.44. The van der Waals surface area contributed by atoms with Crippen LogP contribution < -0.4 is 20.4 Å². The smallest absolute Gasteiger partial charge is 0.490 e. The van der Waals surface area contributed by atoms with Crippen molar-refractivity contribution in [1.29, 1.82) is 0 Å². The molecule has 2 aliphatic rings. The third-order valence-electron chi connectivity index (χ3n) is 8.36. The predicted octanol–water partition coefficient (Wildman–Crippen LogP) is 7.17. The number of nitrogens with zero attached hydrogens (tertiary/aromatic N) is 2. The van der Waals surface area contributed by atoms with Crippen LogP contribution in [0.25, 0.3) is 0 Å². The first-order valence-electron chi connectivity index (χ1n) is 14.9. The summed E-state index contributed by atoms with van der Waals surface area (Å²) >= 11 is 0. The van der Waals surface area contributed by atoms with Gasteiger partial charge < -0.3 is 30.6 Å². The van der Waals surface area contributed by atoms with Crippen LogP contribution in [0.1, 0.15) is 48.7 Å². The lowest BCUT2D eigenvalue weighted by molar-refractivity contribution is -0.192. The molecule has 2 aliphatic heterocycles. The first kappa shape index (κ1) is 35.6. The quantitative estimate of drug-likeness (QED) is 0.136. The number of nitrogens with one attached hydrogen (secondary N) is 3. The van der Waals surface area contributed by atoms with Crippen LogP contribution in [0, 0.1) is 12.7 Å². The van der Waals surface area contributed by atoms with Gasteiger partial charge in [-0.15, -0.1) is 0 Å². The van der Waals surface area contributed by atoms with Crippen LogP contribution in [0.2, 0.25) is 18.1 Å². The molecule has 1 aromatic heterocycles. The van der Waals surface area contributed by atoms with Gasteiger partial charge in [0.1, 0.15) is 22.9 Å². The number of halogens is 4. The number of aryl methyl sites for hydroxylation is 1. The van der Waals surface area contributed by atoms with Crippen LogP contribution in [0.15, 0.2) is 42.6 Å². The van der Waals surface area contributed by atoms with Crippen LogP contribution in [0.5, 0.6) is 5.75 Å². The predicted molar refractivity (Wildman–Crippen MR) is 174 cm³/mol. The Morgan fingerprint density at radius 3 is 2.38 bits per heavy atom. The first-order chi connectivity index (χ1) is 21.7. The Labute approximate surface area is 271 Å². The van der Waals surface area contributed by atoms with Gasteiger partial charge in [0.05, 0.1) is 28.9 Å². The molecule has 15 heteroatoms. The van der Waals surface area contributed by atoms with E-state index in [4.69, 9.17) is 14.3 Å². The van der Waals surface area contributed by atoms with E-state index in [0.717, 1.165) is 24.1 Å². The molecule has 10 nitrogen and oxygen atoms in total. The van der Waals surface area contributed by atoms with Gasteiger partial charge in [-0.1, -0.05) is 26.8 Å². The van der Waals surface area contributed by atoms with Crippen LogP contribution >= 0.6 is 0 Å². The van der Waals surface area contributed by atoms with Crippen LogP contribution in [0.4, 0.5) is 46.1 Å². The standard InChI is InChI=1S/C30H38FN5O3Si.C2HF3O2/c1-18-13-21(31)24(15-26(18)39-40(5,6)30(2,3)4)33-23-9-11-32-28-27(23)29(38)35-25-14-19(7-8-22(25)34-28)16-36-12-10-20(37)17-36;3-2(4,5)1(6)7/h7-9,11,13-15,20,37H,10,12,16-17H2,1-6H3,(H,35,38)(H2,32,33,34);(H,6,7)/t20-;/m0./s1. The molecule has 1 atom stereocenters. The molecule has 0 bridgehead atoms. The number of aliphatic hydroxyl groups excluding tert-OH is 1. The summed E-state index contributed by atoms with van der Waals surface area (Å²) in [5.41, 5.74) is 4.03. The van der Waals surface area contributed by atoms with Crippen molar-refractivity contribution in [3.8, 4) is 5.75 Å². The molecule has 1 amide bonds. The number of β-amino-alcohol motifs (C(OH)–C–C–N with tert-alkyl or cyclic N) is 1. The normalized spacial score (nSPS) is 16.5. The summed E-state index contributed by atoms with van der Waals surface area (Å²) in [5.74, 6) is -2.54. The van der Waals surface area contributed by atoms with Crippen LogP contribution in [0.3, 0.4) is 0 Å². The van der Waals surface area contributed by atoms with Crippen molar-refractivity contribution >= 4 is 48.8 Å². The summed E-state index contributed by atoms with van der Waals surface area (Å²) in [6.45, 7) is 14.8. The number of hydrogen-bond donors (Lipinski definition) is 5. The lowest BCUT2D eigenvalue weighted by Gasteiger charge is -2.37. The van der Waals surface area contributed by atoms with Crippen molar-refractivity contribution in [1.82, 2.24) is 9.88 Å². The van der Waals surface area contributed by atoms with Gasteiger partial charge in [0.25, 0.3) is 5.91 Å². The summed E-state index contributed by atoms with van der Waals surface area (Å²) < 4.78 is 53.4. The number of likely N-dealkylation sites (tertiary alicyclic amines) is 1. The fourth-order valence-electron chi connectivity index (χ4n) is 4.75.